The SMILES string of the molecule is CCN(Cc1cc(Nc2nc(C)cn3c(-c4cnn(CC(=O)Nc5ccncc5F)c4)cnc23)sn1)C(C)C. The Bertz CT molecular complexity index is 1610. The van der Waals surface area contributed by atoms with Gasteiger partial charge in [-0.15, -0.1) is 0 Å². The molecule has 5 aromatic rings. The number of imidazole rings is 1. The second-order valence-electron chi connectivity index (χ2n) is 9.36. The minimum atomic E-state index is -0.598. The Morgan fingerprint density at radius 3 is 2.85 bits per heavy atom. The van der Waals surface area contributed by atoms with Gasteiger partial charge in [-0.3, -0.25) is 23.8 Å². The molecule has 0 fully saturated rings. The number of hydrogen-bond donors (Lipinski definition) is 2. The van der Waals surface area contributed by atoms with Crippen molar-refractivity contribution in [2.45, 2.75) is 46.8 Å². The molecule has 11 nitrogen and oxygen atoms in total. The van der Waals surface area contributed by atoms with Crippen LogP contribution in [0.1, 0.15) is 32.2 Å². The van der Waals surface area contributed by atoms with Crippen LogP contribution in [-0.2, 0) is 17.9 Å². The highest BCUT2D eigenvalue weighted by atomic mass is 32.1. The molecule has 0 aliphatic carbocycles. The monoisotopic (exact) mass is 548 g/mol. The first-order valence-corrected chi connectivity index (χ1v) is 13.3. The summed E-state index contributed by atoms with van der Waals surface area (Å²) in [6, 6.07) is 3.89. The number of aryl methyl sites for hydroxylation is 1. The smallest absolute Gasteiger partial charge is 0.246 e. The molecule has 0 unspecified atom stereocenters. The number of hydrogen-bond acceptors (Lipinski definition) is 9. The molecule has 5 heterocycles. The molecule has 39 heavy (non-hydrogen) atoms. The summed E-state index contributed by atoms with van der Waals surface area (Å²) in [6.07, 6.45) is 9.52. The van der Waals surface area contributed by atoms with Gasteiger partial charge in [-0.2, -0.15) is 9.47 Å². The number of anilines is 3. The van der Waals surface area contributed by atoms with Gasteiger partial charge in [0.15, 0.2) is 17.3 Å². The van der Waals surface area contributed by atoms with E-state index in [4.69, 9.17) is 0 Å². The normalized spacial score (nSPS) is 11.6. The number of pyridine rings is 1. The number of aromatic nitrogens is 7. The predicted molar refractivity (Wildman–Crippen MR) is 148 cm³/mol. The number of nitrogens with zero attached hydrogens (tertiary/aromatic N) is 8. The van der Waals surface area contributed by atoms with Crippen LogP contribution >= 0.6 is 11.5 Å². The summed E-state index contributed by atoms with van der Waals surface area (Å²) in [7, 11) is 0. The molecule has 1 amide bonds. The Labute approximate surface area is 228 Å². The van der Waals surface area contributed by atoms with Crippen LogP contribution < -0.4 is 10.6 Å². The number of rotatable bonds is 10. The van der Waals surface area contributed by atoms with E-state index in [0.29, 0.717) is 17.5 Å². The summed E-state index contributed by atoms with van der Waals surface area (Å²) in [5.41, 5.74) is 4.11. The molecule has 5 rings (SSSR count). The summed E-state index contributed by atoms with van der Waals surface area (Å²) in [5, 5.41) is 11.1. The van der Waals surface area contributed by atoms with Gasteiger partial charge in [-0.05, 0) is 51.0 Å². The molecule has 0 atom stereocenters. The van der Waals surface area contributed by atoms with E-state index in [1.165, 1.54) is 28.5 Å². The van der Waals surface area contributed by atoms with Crippen LogP contribution in [-0.4, -0.2) is 56.9 Å². The zero-order chi connectivity index (χ0) is 27.5. The topological polar surface area (TPSA) is 118 Å². The van der Waals surface area contributed by atoms with Crippen molar-refractivity contribution in [3.05, 3.63) is 66.5 Å². The first-order chi connectivity index (χ1) is 18.8. The number of amides is 1. The summed E-state index contributed by atoms with van der Waals surface area (Å²) in [6.45, 7) is 10.1. The predicted octanol–water partition coefficient (Wildman–Crippen LogP) is 4.50. The number of carbonyl (C=O) groups is 1. The van der Waals surface area contributed by atoms with Crippen LogP contribution in [0.4, 0.5) is 20.9 Å². The molecule has 0 saturated heterocycles. The molecule has 0 aliphatic rings. The molecule has 0 spiro atoms. The van der Waals surface area contributed by atoms with E-state index in [0.717, 1.165) is 46.9 Å². The van der Waals surface area contributed by atoms with E-state index >= 15 is 0 Å². The van der Waals surface area contributed by atoms with Crippen molar-refractivity contribution in [3.63, 3.8) is 0 Å². The lowest BCUT2D eigenvalue weighted by Gasteiger charge is -2.23. The molecule has 2 N–H and O–H groups in total. The van der Waals surface area contributed by atoms with Gasteiger partial charge in [0.05, 0.1) is 41.4 Å². The molecular weight excluding hydrogens is 519 g/mol. The van der Waals surface area contributed by atoms with Crippen molar-refractivity contribution in [3.8, 4) is 11.3 Å². The first-order valence-electron chi connectivity index (χ1n) is 12.5. The summed E-state index contributed by atoms with van der Waals surface area (Å²) in [4.78, 5) is 27.7. The van der Waals surface area contributed by atoms with Gasteiger partial charge in [0.2, 0.25) is 5.91 Å². The summed E-state index contributed by atoms with van der Waals surface area (Å²) >= 11 is 1.39. The average molecular weight is 549 g/mol. The lowest BCUT2D eigenvalue weighted by molar-refractivity contribution is -0.116. The zero-order valence-corrected chi connectivity index (χ0v) is 22.9. The van der Waals surface area contributed by atoms with E-state index in [2.05, 4.69) is 60.7 Å². The standard InChI is InChI=1S/C26H29FN10OS/c1-5-35(16(2)3)14-19-8-24(39-34-19)33-25-26-29-11-22(37(26)12-17(4)31-25)18-9-30-36(13-18)15-23(38)32-21-6-7-28-10-20(21)27/h6-13,16H,5,14-15H2,1-4H3,(H,31,33)(H,28,32,38). The van der Waals surface area contributed by atoms with Gasteiger partial charge < -0.3 is 10.6 Å². The highest BCUT2D eigenvalue weighted by Crippen LogP contribution is 2.28. The highest BCUT2D eigenvalue weighted by Gasteiger charge is 2.16. The average Bonchev–Trinajstić information content (AvgIpc) is 3.64. The number of halogens is 1. The fourth-order valence-corrected chi connectivity index (χ4v) is 4.89. The van der Waals surface area contributed by atoms with E-state index in [9.17, 15) is 9.18 Å². The van der Waals surface area contributed by atoms with Gasteiger partial charge in [-0.25, -0.2) is 14.4 Å². The van der Waals surface area contributed by atoms with Gasteiger partial charge in [0, 0.05) is 36.7 Å². The Kier molecular flexibility index (Phi) is 7.61. The molecule has 0 saturated carbocycles. The van der Waals surface area contributed by atoms with Crippen molar-refractivity contribution in [1.29, 1.82) is 0 Å². The minimum absolute atomic E-state index is 0.0721. The van der Waals surface area contributed by atoms with Crippen LogP contribution in [0.15, 0.2) is 49.3 Å². The van der Waals surface area contributed by atoms with E-state index in [1.54, 1.807) is 18.6 Å². The van der Waals surface area contributed by atoms with Gasteiger partial charge >= 0.3 is 0 Å². The van der Waals surface area contributed by atoms with Crippen molar-refractivity contribution < 1.29 is 9.18 Å². The molecule has 0 aliphatic heterocycles. The number of carbonyl (C=O) groups excluding carboxylic acids is 1. The maximum atomic E-state index is 13.8. The second kappa shape index (κ2) is 11.3. The fourth-order valence-electron chi connectivity index (χ4n) is 4.23. The number of nitrogens with one attached hydrogen (secondary N) is 2. The Hall–Kier alpha value is -4.23. The second-order valence-corrected chi connectivity index (χ2v) is 10.2. The molecule has 13 heteroatoms. The highest BCUT2D eigenvalue weighted by molar-refractivity contribution is 7.10. The minimum Gasteiger partial charge on any atom is -0.328 e. The lowest BCUT2D eigenvalue weighted by atomic mass is 10.3. The van der Waals surface area contributed by atoms with Gasteiger partial charge in [-0.1, -0.05) is 6.92 Å². The van der Waals surface area contributed by atoms with Crippen LogP contribution in [0.5, 0.6) is 0 Å². The third kappa shape index (κ3) is 5.94. The number of fused-ring (bicyclic) bond motifs is 1. The molecular formula is C26H29FN10OS. The molecule has 0 bridgehead atoms. The quantitative estimate of drug-likeness (QED) is 0.262. The zero-order valence-electron chi connectivity index (χ0n) is 22.1. The third-order valence-electron chi connectivity index (χ3n) is 6.20. The van der Waals surface area contributed by atoms with Crippen molar-refractivity contribution in [2.75, 3.05) is 17.2 Å². The Morgan fingerprint density at radius 1 is 1.23 bits per heavy atom. The Morgan fingerprint density at radius 2 is 2.08 bits per heavy atom. The van der Waals surface area contributed by atoms with Crippen LogP contribution in [0, 0.1) is 12.7 Å². The van der Waals surface area contributed by atoms with Gasteiger partial charge in [0.1, 0.15) is 11.5 Å². The van der Waals surface area contributed by atoms with Gasteiger partial charge in [0.25, 0.3) is 0 Å². The van der Waals surface area contributed by atoms with Crippen LogP contribution in [0.3, 0.4) is 0 Å². The molecule has 202 valence electrons. The van der Waals surface area contributed by atoms with Crippen LogP contribution in [0.2, 0.25) is 0 Å². The fraction of sp³-hybridized carbons (Fsp3) is 0.308. The maximum absolute atomic E-state index is 13.8. The molecule has 5 aromatic heterocycles. The van der Waals surface area contributed by atoms with E-state index < -0.39 is 11.7 Å². The van der Waals surface area contributed by atoms with Crippen molar-refractivity contribution in [2.24, 2.45) is 0 Å². The molecule has 0 radical (unpaired) electrons. The lowest BCUT2D eigenvalue weighted by Crippen LogP contribution is -2.29. The largest absolute Gasteiger partial charge is 0.328 e. The Balaban J connectivity index is 1.33. The molecule has 0 aromatic carbocycles. The third-order valence-corrected chi connectivity index (χ3v) is 6.94. The van der Waals surface area contributed by atoms with Crippen molar-refractivity contribution >= 4 is 39.6 Å². The summed E-state index contributed by atoms with van der Waals surface area (Å²) < 4.78 is 21.8. The van der Waals surface area contributed by atoms with E-state index in [1.807, 2.05) is 23.6 Å². The van der Waals surface area contributed by atoms with Crippen molar-refractivity contribution in [1.82, 2.24) is 38.4 Å². The summed E-state index contributed by atoms with van der Waals surface area (Å²) in [5.74, 6) is -0.378. The van der Waals surface area contributed by atoms with Crippen LogP contribution in [0.25, 0.3) is 16.9 Å². The maximum Gasteiger partial charge on any atom is 0.246 e. The first kappa shape index (κ1) is 26.4. The van der Waals surface area contributed by atoms with E-state index in [-0.39, 0.29) is 12.2 Å².